The van der Waals surface area contributed by atoms with Crippen LogP contribution in [0.2, 0.25) is 0 Å². The lowest BCUT2D eigenvalue weighted by molar-refractivity contribution is 0.457. The molecule has 36 heavy (non-hydrogen) atoms. The highest BCUT2D eigenvalue weighted by molar-refractivity contribution is 6.24. The Bertz CT molecular complexity index is 1920. The smallest absolute Gasteiger partial charge is 0.142 e. The zero-order valence-corrected chi connectivity index (χ0v) is 19.1. The van der Waals surface area contributed by atoms with Crippen molar-refractivity contribution < 1.29 is 19.7 Å². The highest BCUT2D eigenvalue weighted by atomic mass is 16.3. The molecule has 1 heterocycles. The molecule has 0 saturated carbocycles. The Morgan fingerprint density at radius 1 is 0.444 bits per heavy atom. The third kappa shape index (κ3) is 2.75. The van der Waals surface area contributed by atoms with Gasteiger partial charge in [0.25, 0.3) is 0 Å². The van der Waals surface area contributed by atoms with Crippen molar-refractivity contribution in [3.8, 4) is 39.5 Å². The van der Waals surface area contributed by atoms with Crippen LogP contribution in [0.3, 0.4) is 0 Å². The number of fused-ring (bicyclic) bond motifs is 5. The largest absolute Gasteiger partial charge is 0.507 e. The number of phenols is 3. The van der Waals surface area contributed by atoms with Gasteiger partial charge in [-0.05, 0) is 33.7 Å². The van der Waals surface area contributed by atoms with Gasteiger partial charge in [-0.3, -0.25) is 0 Å². The summed E-state index contributed by atoms with van der Waals surface area (Å²) in [6.45, 7) is 0. The minimum absolute atomic E-state index is 0.0273. The first-order valence-electron chi connectivity index (χ1n) is 11.7. The second-order valence-corrected chi connectivity index (χ2v) is 8.95. The monoisotopic (exact) mass is 468 g/mol. The molecule has 6 aromatic carbocycles. The van der Waals surface area contributed by atoms with Gasteiger partial charge in [0.2, 0.25) is 0 Å². The molecule has 0 fully saturated rings. The van der Waals surface area contributed by atoms with Crippen molar-refractivity contribution in [3.05, 3.63) is 103 Å². The van der Waals surface area contributed by atoms with E-state index in [-0.39, 0.29) is 17.2 Å². The van der Waals surface area contributed by atoms with Gasteiger partial charge < -0.3 is 19.7 Å². The second kappa shape index (κ2) is 7.52. The number of hydrogen-bond acceptors (Lipinski definition) is 4. The lowest BCUT2D eigenvalue weighted by Gasteiger charge is -2.19. The summed E-state index contributed by atoms with van der Waals surface area (Å²) in [5.41, 5.74) is 3.77. The molecular weight excluding hydrogens is 448 g/mol. The van der Waals surface area contributed by atoms with E-state index in [1.54, 1.807) is 18.2 Å². The molecule has 7 rings (SSSR count). The van der Waals surface area contributed by atoms with Crippen molar-refractivity contribution in [2.24, 2.45) is 0 Å². The van der Waals surface area contributed by atoms with Crippen LogP contribution in [0.25, 0.3) is 65.7 Å². The molecular formula is C32H20O4. The second-order valence-electron chi connectivity index (χ2n) is 8.95. The van der Waals surface area contributed by atoms with Gasteiger partial charge in [-0.25, -0.2) is 0 Å². The maximum Gasteiger partial charge on any atom is 0.142 e. The molecule has 7 aromatic rings. The number of benzene rings is 6. The first-order chi connectivity index (χ1) is 17.6. The minimum Gasteiger partial charge on any atom is -0.507 e. The predicted octanol–water partition coefficient (Wildman–Crippen LogP) is 8.34. The maximum absolute atomic E-state index is 11.7. The van der Waals surface area contributed by atoms with Gasteiger partial charge >= 0.3 is 0 Å². The number of para-hydroxylation sites is 2. The number of phenolic OH excluding ortho intramolecular Hbond substituents is 3. The molecule has 0 bridgehead atoms. The topological polar surface area (TPSA) is 73.8 Å². The Balaban J connectivity index is 1.69. The normalized spacial score (nSPS) is 11.7. The predicted molar refractivity (Wildman–Crippen MR) is 145 cm³/mol. The molecule has 4 nitrogen and oxygen atoms in total. The van der Waals surface area contributed by atoms with Crippen molar-refractivity contribution in [1.82, 2.24) is 0 Å². The van der Waals surface area contributed by atoms with E-state index in [0.717, 1.165) is 43.6 Å². The van der Waals surface area contributed by atoms with E-state index in [1.807, 2.05) is 84.9 Å². The van der Waals surface area contributed by atoms with Gasteiger partial charge in [-0.1, -0.05) is 84.9 Å². The molecule has 0 aliphatic rings. The standard InChI is InChI=1S/C32H20O4/c33-24-15-7-5-13-22(24)28-18-9-1-3-11-20(18)29(21-12-4-2-10-19(21)28)31-25(34)17-27-30(32(31)35)23-14-6-8-16-26(23)36-27/h1-17,33-35H. The molecule has 1 aromatic heterocycles. The van der Waals surface area contributed by atoms with E-state index >= 15 is 0 Å². The summed E-state index contributed by atoms with van der Waals surface area (Å²) in [4.78, 5) is 0. The fourth-order valence-electron chi connectivity index (χ4n) is 5.47. The zero-order valence-electron chi connectivity index (χ0n) is 19.1. The maximum atomic E-state index is 11.7. The zero-order chi connectivity index (χ0) is 24.4. The SMILES string of the molecule is Oc1ccccc1-c1c2ccccc2c(-c2c(O)cc3oc4ccccc4c3c2O)c2ccccc12. The minimum atomic E-state index is -0.0651. The summed E-state index contributed by atoms with van der Waals surface area (Å²) < 4.78 is 5.92. The molecule has 3 N–H and O–H groups in total. The quantitative estimate of drug-likeness (QED) is 0.223. The van der Waals surface area contributed by atoms with Crippen molar-refractivity contribution in [1.29, 1.82) is 0 Å². The molecule has 4 heteroatoms. The van der Waals surface area contributed by atoms with Gasteiger partial charge in [0.15, 0.2) is 0 Å². The number of rotatable bonds is 2. The molecule has 0 unspecified atom stereocenters. The van der Waals surface area contributed by atoms with Crippen LogP contribution in [0.4, 0.5) is 0 Å². The Morgan fingerprint density at radius 3 is 1.61 bits per heavy atom. The first kappa shape index (κ1) is 20.4. The van der Waals surface area contributed by atoms with Gasteiger partial charge in [0, 0.05) is 28.1 Å². The molecule has 0 amide bonds. The molecule has 0 radical (unpaired) electrons. The number of hydrogen-bond donors (Lipinski definition) is 3. The number of furan rings is 1. The number of aromatic hydroxyl groups is 3. The van der Waals surface area contributed by atoms with Crippen LogP contribution in [0, 0.1) is 0 Å². The van der Waals surface area contributed by atoms with Crippen LogP contribution in [0.1, 0.15) is 0 Å². The van der Waals surface area contributed by atoms with Crippen LogP contribution in [-0.2, 0) is 0 Å². The average Bonchev–Trinajstić information content (AvgIpc) is 3.27. The van der Waals surface area contributed by atoms with Crippen molar-refractivity contribution in [2.75, 3.05) is 0 Å². The summed E-state index contributed by atoms with van der Waals surface area (Å²) in [5.74, 6) is 0.0998. The van der Waals surface area contributed by atoms with Crippen LogP contribution in [0.15, 0.2) is 108 Å². The van der Waals surface area contributed by atoms with Gasteiger partial charge in [0.05, 0.1) is 10.9 Å². The van der Waals surface area contributed by atoms with Crippen LogP contribution >= 0.6 is 0 Å². The Kier molecular flexibility index (Phi) is 4.26. The summed E-state index contributed by atoms with van der Waals surface area (Å²) in [7, 11) is 0. The Labute approximate surface area is 205 Å². The van der Waals surface area contributed by atoms with E-state index in [4.69, 9.17) is 4.42 Å². The summed E-state index contributed by atoms with van der Waals surface area (Å²) in [6, 6.07) is 32.2. The molecule has 0 saturated heterocycles. The summed E-state index contributed by atoms with van der Waals surface area (Å²) >= 11 is 0. The van der Waals surface area contributed by atoms with Crippen molar-refractivity contribution in [3.63, 3.8) is 0 Å². The molecule has 0 aliphatic heterocycles. The molecule has 0 spiro atoms. The highest BCUT2D eigenvalue weighted by Crippen LogP contribution is 2.52. The fourth-order valence-corrected chi connectivity index (χ4v) is 5.47. The van der Waals surface area contributed by atoms with E-state index < -0.39 is 0 Å². The van der Waals surface area contributed by atoms with Crippen molar-refractivity contribution in [2.45, 2.75) is 0 Å². The lowest BCUT2D eigenvalue weighted by atomic mass is 9.85. The lowest BCUT2D eigenvalue weighted by Crippen LogP contribution is -1.92. The van der Waals surface area contributed by atoms with Gasteiger partial charge in [-0.2, -0.15) is 0 Å². The molecule has 172 valence electrons. The Hall–Kier alpha value is -4.96. The third-order valence-corrected chi connectivity index (χ3v) is 6.98. The van der Waals surface area contributed by atoms with Crippen LogP contribution in [0.5, 0.6) is 17.2 Å². The third-order valence-electron chi connectivity index (χ3n) is 6.98. The summed E-state index contributed by atoms with van der Waals surface area (Å²) in [6.07, 6.45) is 0. The van der Waals surface area contributed by atoms with E-state index in [9.17, 15) is 15.3 Å². The van der Waals surface area contributed by atoms with Gasteiger partial charge in [-0.15, -0.1) is 0 Å². The van der Waals surface area contributed by atoms with E-state index in [0.29, 0.717) is 22.1 Å². The fraction of sp³-hybridized carbons (Fsp3) is 0. The average molecular weight is 469 g/mol. The molecule has 0 aliphatic carbocycles. The first-order valence-corrected chi connectivity index (χ1v) is 11.7. The van der Waals surface area contributed by atoms with Crippen LogP contribution in [-0.4, -0.2) is 15.3 Å². The summed E-state index contributed by atoms with van der Waals surface area (Å²) in [5, 5.41) is 38.5. The van der Waals surface area contributed by atoms with E-state index in [1.165, 1.54) is 0 Å². The van der Waals surface area contributed by atoms with Crippen molar-refractivity contribution >= 4 is 43.5 Å². The highest BCUT2D eigenvalue weighted by Gasteiger charge is 2.24. The Morgan fingerprint density at radius 2 is 0.972 bits per heavy atom. The van der Waals surface area contributed by atoms with Gasteiger partial charge in [0.1, 0.15) is 28.4 Å². The van der Waals surface area contributed by atoms with E-state index in [2.05, 4.69) is 0 Å². The van der Waals surface area contributed by atoms with Crippen LogP contribution < -0.4 is 0 Å². The molecule has 0 atom stereocenters.